The van der Waals surface area contributed by atoms with Crippen LogP contribution in [-0.2, 0) is 6.42 Å². The minimum Gasteiger partial charge on any atom is -0.350 e. The Bertz CT molecular complexity index is 858. The van der Waals surface area contributed by atoms with Crippen LogP contribution in [0.25, 0.3) is 5.69 Å². The lowest BCUT2D eigenvalue weighted by atomic mass is 10.2. The number of thiophene rings is 1. The Morgan fingerprint density at radius 1 is 1.33 bits per heavy atom. The fourth-order valence-corrected chi connectivity index (χ4v) is 3.34. The number of rotatable bonds is 5. The van der Waals surface area contributed by atoms with Crippen LogP contribution in [0.1, 0.15) is 26.6 Å². The standard InChI is InChI=1S/C17H17BrN4OS/c1-11-10-13(5-6-15(11)18)22-12(2)16(20-21-22)17(23)19-8-7-14-4-3-9-24-14/h3-6,9-10H,7-8H2,1-2H3,(H,19,23). The van der Waals surface area contributed by atoms with Gasteiger partial charge in [0.15, 0.2) is 5.69 Å². The number of halogens is 1. The molecule has 2 heterocycles. The first-order valence-corrected chi connectivity index (χ1v) is 9.23. The quantitative estimate of drug-likeness (QED) is 0.705. The maximum absolute atomic E-state index is 12.3. The normalized spacial score (nSPS) is 10.8. The Hall–Kier alpha value is -1.99. The second-order valence-electron chi connectivity index (χ2n) is 5.45. The summed E-state index contributed by atoms with van der Waals surface area (Å²) in [6.07, 6.45) is 0.822. The van der Waals surface area contributed by atoms with Crippen molar-refractivity contribution in [2.75, 3.05) is 6.54 Å². The highest BCUT2D eigenvalue weighted by atomic mass is 79.9. The van der Waals surface area contributed by atoms with Gasteiger partial charge in [-0.25, -0.2) is 4.68 Å². The molecule has 0 aliphatic heterocycles. The van der Waals surface area contributed by atoms with Crippen molar-refractivity contribution >= 4 is 33.2 Å². The highest BCUT2D eigenvalue weighted by molar-refractivity contribution is 9.10. The fourth-order valence-electron chi connectivity index (χ4n) is 2.38. The van der Waals surface area contributed by atoms with E-state index in [9.17, 15) is 4.79 Å². The molecule has 0 atom stereocenters. The maximum atomic E-state index is 12.3. The first-order valence-electron chi connectivity index (χ1n) is 7.55. The molecular formula is C17H17BrN4OS. The lowest BCUT2D eigenvalue weighted by molar-refractivity contribution is 0.0948. The van der Waals surface area contributed by atoms with E-state index in [1.54, 1.807) is 16.0 Å². The van der Waals surface area contributed by atoms with Crippen LogP contribution in [0.4, 0.5) is 0 Å². The number of carbonyl (C=O) groups is 1. The highest BCUT2D eigenvalue weighted by Gasteiger charge is 2.17. The number of carbonyl (C=O) groups excluding carboxylic acids is 1. The molecule has 0 fully saturated rings. The average molecular weight is 405 g/mol. The van der Waals surface area contributed by atoms with Crippen molar-refractivity contribution in [3.8, 4) is 5.69 Å². The van der Waals surface area contributed by atoms with E-state index in [0.29, 0.717) is 12.2 Å². The number of amides is 1. The molecule has 124 valence electrons. The van der Waals surface area contributed by atoms with Gasteiger partial charge in [-0.3, -0.25) is 4.79 Å². The fraction of sp³-hybridized carbons (Fsp3) is 0.235. The van der Waals surface area contributed by atoms with Gasteiger partial charge in [-0.2, -0.15) is 0 Å². The molecule has 0 spiro atoms. The summed E-state index contributed by atoms with van der Waals surface area (Å²) in [5, 5.41) is 13.1. The van der Waals surface area contributed by atoms with E-state index < -0.39 is 0 Å². The number of aryl methyl sites for hydroxylation is 1. The van der Waals surface area contributed by atoms with Gasteiger partial charge in [0.1, 0.15) is 0 Å². The lowest BCUT2D eigenvalue weighted by Crippen LogP contribution is -2.26. The van der Waals surface area contributed by atoms with Crippen LogP contribution in [0.15, 0.2) is 40.2 Å². The number of benzene rings is 1. The summed E-state index contributed by atoms with van der Waals surface area (Å²) in [6, 6.07) is 9.99. The van der Waals surface area contributed by atoms with Crippen molar-refractivity contribution in [3.63, 3.8) is 0 Å². The molecule has 1 N–H and O–H groups in total. The van der Waals surface area contributed by atoms with Gasteiger partial charge in [-0.1, -0.05) is 27.2 Å². The van der Waals surface area contributed by atoms with Gasteiger partial charge in [-0.15, -0.1) is 16.4 Å². The smallest absolute Gasteiger partial charge is 0.273 e. The number of hydrogen-bond donors (Lipinski definition) is 1. The van der Waals surface area contributed by atoms with Crippen LogP contribution in [0, 0.1) is 13.8 Å². The predicted molar refractivity (Wildman–Crippen MR) is 98.9 cm³/mol. The van der Waals surface area contributed by atoms with Crippen LogP contribution in [0.3, 0.4) is 0 Å². The third-order valence-electron chi connectivity index (χ3n) is 3.73. The van der Waals surface area contributed by atoms with E-state index in [4.69, 9.17) is 0 Å². The topological polar surface area (TPSA) is 59.8 Å². The largest absolute Gasteiger partial charge is 0.350 e. The number of nitrogens with one attached hydrogen (secondary N) is 1. The molecule has 0 saturated carbocycles. The summed E-state index contributed by atoms with van der Waals surface area (Å²) in [4.78, 5) is 13.6. The molecule has 0 bridgehead atoms. The van der Waals surface area contributed by atoms with E-state index in [0.717, 1.165) is 27.8 Å². The molecule has 0 aliphatic rings. The summed E-state index contributed by atoms with van der Waals surface area (Å²) in [6.45, 7) is 4.45. The monoisotopic (exact) mass is 404 g/mol. The van der Waals surface area contributed by atoms with Gasteiger partial charge in [0.2, 0.25) is 0 Å². The van der Waals surface area contributed by atoms with Gasteiger partial charge in [0.25, 0.3) is 5.91 Å². The molecule has 1 aromatic carbocycles. The molecule has 2 aromatic heterocycles. The van der Waals surface area contributed by atoms with Crippen LogP contribution in [0.5, 0.6) is 0 Å². The lowest BCUT2D eigenvalue weighted by Gasteiger charge is -2.06. The van der Waals surface area contributed by atoms with Gasteiger partial charge in [-0.05, 0) is 55.5 Å². The Kier molecular flexibility index (Phi) is 5.11. The first kappa shape index (κ1) is 16.9. The molecule has 0 radical (unpaired) electrons. The first-order chi connectivity index (χ1) is 11.6. The molecule has 7 heteroatoms. The summed E-state index contributed by atoms with van der Waals surface area (Å²) in [5.41, 5.74) is 3.08. The Morgan fingerprint density at radius 3 is 2.88 bits per heavy atom. The minimum absolute atomic E-state index is 0.191. The Morgan fingerprint density at radius 2 is 2.17 bits per heavy atom. The summed E-state index contributed by atoms with van der Waals surface area (Å²) < 4.78 is 2.73. The molecule has 3 rings (SSSR count). The van der Waals surface area contributed by atoms with E-state index in [1.807, 2.05) is 43.5 Å². The molecule has 0 saturated heterocycles. The van der Waals surface area contributed by atoms with Crippen molar-refractivity contribution in [2.24, 2.45) is 0 Å². The van der Waals surface area contributed by atoms with Crippen molar-refractivity contribution in [2.45, 2.75) is 20.3 Å². The Labute approximate surface area is 152 Å². The zero-order valence-corrected chi connectivity index (χ0v) is 15.8. The van der Waals surface area contributed by atoms with Gasteiger partial charge in [0, 0.05) is 15.9 Å². The number of aromatic nitrogens is 3. The van der Waals surface area contributed by atoms with Crippen LogP contribution in [0.2, 0.25) is 0 Å². The summed E-state index contributed by atoms with van der Waals surface area (Å²) in [5.74, 6) is -0.191. The molecule has 1 amide bonds. The van der Waals surface area contributed by atoms with Crippen molar-refractivity contribution < 1.29 is 4.79 Å². The third-order valence-corrected chi connectivity index (χ3v) is 5.56. The van der Waals surface area contributed by atoms with Crippen molar-refractivity contribution in [1.29, 1.82) is 0 Å². The average Bonchev–Trinajstić information content (AvgIpc) is 3.20. The van der Waals surface area contributed by atoms with E-state index in [2.05, 4.69) is 37.6 Å². The molecular weight excluding hydrogens is 388 g/mol. The molecule has 24 heavy (non-hydrogen) atoms. The highest BCUT2D eigenvalue weighted by Crippen LogP contribution is 2.20. The van der Waals surface area contributed by atoms with Crippen molar-refractivity contribution in [1.82, 2.24) is 20.3 Å². The summed E-state index contributed by atoms with van der Waals surface area (Å²) >= 11 is 5.18. The zero-order valence-electron chi connectivity index (χ0n) is 13.4. The Balaban J connectivity index is 1.71. The number of nitrogens with zero attached hydrogens (tertiary/aromatic N) is 3. The summed E-state index contributed by atoms with van der Waals surface area (Å²) in [7, 11) is 0. The van der Waals surface area contributed by atoms with Crippen LogP contribution >= 0.6 is 27.3 Å². The zero-order chi connectivity index (χ0) is 17.1. The molecule has 0 aliphatic carbocycles. The minimum atomic E-state index is -0.191. The van der Waals surface area contributed by atoms with Crippen LogP contribution in [-0.4, -0.2) is 27.4 Å². The van der Waals surface area contributed by atoms with Gasteiger partial charge < -0.3 is 5.32 Å². The van der Waals surface area contributed by atoms with Crippen molar-refractivity contribution in [3.05, 3.63) is 62.0 Å². The third kappa shape index (κ3) is 3.57. The van der Waals surface area contributed by atoms with E-state index in [1.165, 1.54) is 4.88 Å². The maximum Gasteiger partial charge on any atom is 0.273 e. The van der Waals surface area contributed by atoms with Gasteiger partial charge >= 0.3 is 0 Å². The SMILES string of the molecule is Cc1cc(-n2nnc(C(=O)NCCc3cccs3)c2C)ccc1Br. The van der Waals surface area contributed by atoms with E-state index >= 15 is 0 Å². The molecule has 0 unspecified atom stereocenters. The van der Waals surface area contributed by atoms with Gasteiger partial charge in [0.05, 0.1) is 11.4 Å². The number of hydrogen-bond acceptors (Lipinski definition) is 4. The van der Waals surface area contributed by atoms with E-state index in [-0.39, 0.29) is 5.91 Å². The molecule has 3 aromatic rings. The molecule has 5 nitrogen and oxygen atoms in total. The van der Waals surface area contributed by atoms with Crippen LogP contribution < -0.4 is 5.32 Å². The second-order valence-corrected chi connectivity index (χ2v) is 7.34. The predicted octanol–water partition coefficient (Wildman–Crippen LogP) is 3.68. The second kappa shape index (κ2) is 7.27.